The zero-order chi connectivity index (χ0) is 11.3. The van der Waals surface area contributed by atoms with E-state index in [1.165, 1.54) is 0 Å². The van der Waals surface area contributed by atoms with Gasteiger partial charge in [0.25, 0.3) is 3.84 Å². The standard InChI is InChI=1S/C10H14IN4/c1-10(2,3)8-7-6-13-4-5-15(7,12)9(11)14-8/h4-6H,12H2,1-3H3/q+1. The predicted octanol–water partition coefficient (Wildman–Crippen LogP) is 2.29. The summed E-state index contributed by atoms with van der Waals surface area (Å²) in [5.74, 6) is 6.26. The first-order valence-electron chi connectivity index (χ1n) is 4.74. The highest BCUT2D eigenvalue weighted by molar-refractivity contribution is 14.1. The molecule has 2 aliphatic heterocycles. The topological polar surface area (TPSA) is 50.7 Å². The molecule has 0 bridgehead atoms. The van der Waals surface area contributed by atoms with E-state index in [-0.39, 0.29) is 10.0 Å². The van der Waals surface area contributed by atoms with Gasteiger partial charge in [0.1, 0.15) is 11.9 Å². The molecule has 0 aromatic rings. The number of hydrogen-bond acceptors (Lipinski definition) is 3. The lowest BCUT2D eigenvalue weighted by atomic mass is 9.91. The fraction of sp³-hybridized carbons (Fsp3) is 0.400. The lowest BCUT2D eigenvalue weighted by Crippen LogP contribution is -2.50. The number of quaternary nitrogens is 1. The van der Waals surface area contributed by atoms with Gasteiger partial charge in [0.2, 0.25) is 5.70 Å². The Balaban J connectivity index is 2.61. The van der Waals surface area contributed by atoms with Crippen LogP contribution in [-0.4, -0.2) is 14.6 Å². The number of amidine groups is 1. The second-order valence-electron chi connectivity index (χ2n) is 4.72. The van der Waals surface area contributed by atoms with Crippen molar-refractivity contribution in [3.63, 3.8) is 0 Å². The van der Waals surface area contributed by atoms with Gasteiger partial charge in [-0.1, -0.05) is 20.8 Å². The van der Waals surface area contributed by atoms with Crippen LogP contribution in [0.15, 0.2) is 33.8 Å². The highest BCUT2D eigenvalue weighted by atomic mass is 127. The number of nitrogens with zero attached hydrogens (tertiary/aromatic N) is 3. The molecule has 0 amide bonds. The van der Waals surface area contributed by atoms with Gasteiger partial charge in [0, 0.05) is 5.41 Å². The summed E-state index contributed by atoms with van der Waals surface area (Å²) in [5.41, 5.74) is 1.97. The Labute approximate surface area is 103 Å². The molecule has 2 aliphatic rings. The zero-order valence-electron chi connectivity index (χ0n) is 9.03. The molecule has 0 fully saturated rings. The molecule has 5 heteroatoms. The van der Waals surface area contributed by atoms with E-state index in [0.717, 1.165) is 15.2 Å². The van der Waals surface area contributed by atoms with Crippen LogP contribution in [0.25, 0.3) is 0 Å². The Morgan fingerprint density at radius 3 is 2.67 bits per heavy atom. The molecule has 15 heavy (non-hydrogen) atoms. The van der Waals surface area contributed by atoms with E-state index >= 15 is 0 Å². The summed E-state index contributed by atoms with van der Waals surface area (Å²) in [6.45, 7) is 6.39. The predicted molar refractivity (Wildman–Crippen MR) is 70.0 cm³/mol. The van der Waals surface area contributed by atoms with Crippen LogP contribution in [0.3, 0.4) is 0 Å². The zero-order valence-corrected chi connectivity index (χ0v) is 11.2. The number of allylic oxidation sites excluding steroid dienone is 2. The van der Waals surface area contributed by atoms with Crippen molar-refractivity contribution in [2.45, 2.75) is 20.8 Å². The van der Waals surface area contributed by atoms with E-state index < -0.39 is 0 Å². The molecule has 2 heterocycles. The summed E-state index contributed by atoms with van der Waals surface area (Å²) >= 11 is 2.18. The quantitative estimate of drug-likeness (QED) is 0.317. The van der Waals surface area contributed by atoms with Crippen molar-refractivity contribution in [3.05, 3.63) is 23.8 Å². The molecular formula is C10H14IN4+. The second kappa shape index (κ2) is 3.23. The average Bonchev–Trinajstić information content (AvgIpc) is 2.39. The molecule has 2 rings (SSSR count). The van der Waals surface area contributed by atoms with Crippen molar-refractivity contribution in [1.29, 1.82) is 0 Å². The van der Waals surface area contributed by atoms with Gasteiger partial charge in [0.15, 0.2) is 0 Å². The Hall–Kier alpha value is -0.530. The Morgan fingerprint density at radius 2 is 2.07 bits per heavy atom. The molecule has 4 nitrogen and oxygen atoms in total. The first-order valence-corrected chi connectivity index (χ1v) is 5.82. The van der Waals surface area contributed by atoms with Crippen LogP contribution in [0.1, 0.15) is 20.8 Å². The lowest BCUT2D eigenvalue weighted by Gasteiger charge is -2.25. The van der Waals surface area contributed by atoms with Crippen LogP contribution in [0.4, 0.5) is 0 Å². The van der Waals surface area contributed by atoms with E-state index in [4.69, 9.17) is 5.84 Å². The van der Waals surface area contributed by atoms with Crippen molar-refractivity contribution in [2.75, 3.05) is 0 Å². The maximum Gasteiger partial charge on any atom is 0.293 e. The molecular weight excluding hydrogens is 303 g/mol. The largest absolute Gasteiger partial charge is 0.293 e. The third-order valence-corrected chi connectivity index (χ3v) is 3.49. The summed E-state index contributed by atoms with van der Waals surface area (Å²) in [7, 11) is 0. The third kappa shape index (κ3) is 1.58. The summed E-state index contributed by atoms with van der Waals surface area (Å²) in [4.78, 5) is 8.69. The highest BCUT2D eigenvalue weighted by Gasteiger charge is 2.44. The van der Waals surface area contributed by atoms with Gasteiger partial charge >= 0.3 is 0 Å². The maximum atomic E-state index is 6.26. The molecule has 0 aromatic carbocycles. The van der Waals surface area contributed by atoms with Crippen LogP contribution in [-0.2, 0) is 0 Å². The van der Waals surface area contributed by atoms with Crippen LogP contribution in [0.5, 0.6) is 0 Å². The van der Waals surface area contributed by atoms with Crippen LogP contribution < -0.4 is 5.84 Å². The van der Waals surface area contributed by atoms with Gasteiger partial charge in [-0.2, -0.15) is 10.8 Å². The molecule has 0 saturated carbocycles. The number of rotatable bonds is 0. The molecule has 1 atom stereocenters. The van der Waals surface area contributed by atoms with Crippen molar-refractivity contribution in [1.82, 2.24) is 0 Å². The Morgan fingerprint density at radius 1 is 1.40 bits per heavy atom. The molecule has 0 aliphatic carbocycles. The van der Waals surface area contributed by atoms with E-state index in [0.29, 0.717) is 0 Å². The fourth-order valence-corrected chi connectivity index (χ4v) is 2.28. The molecule has 0 spiro atoms. The number of aliphatic imine (C=N–C) groups is 2. The molecule has 0 aromatic heterocycles. The van der Waals surface area contributed by atoms with E-state index in [9.17, 15) is 0 Å². The fourth-order valence-electron chi connectivity index (χ4n) is 1.61. The first-order chi connectivity index (χ1) is 6.86. The van der Waals surface area contributed by atoms with E-state index in [2.05, 4.69) is 53.3 Å². The Bertz CT molecular complexity index is 425. The van der Waals surface area contributed by atoms with Gasteiger partial charge in [-0.15, -0.1) is 4.59 Å². The Kier molecular flexibility index (Phi) is 2.36. The lowest BCUT2D eigenvalue weighted by molar-refractivity contribution is -0.745. The summed E-state index contributed by atoms with van der Waals surface area (Å²) < 4.78 is 1.02. The monoisotopic (exact) mass is 317 g/mol. The van der Waals surface area contributed by atoms with E-state index in [1.54, 1.807) is 12.4 Å². The molecule has 0 saturated heterocycles. The summed E-state index contributed by atoms with van der Waals surface area (Å²) in [6.07, 6.45) is 5.36. The van der Waals surface area contributed by atoms with Gasteiger partial charge < -0.3 is 0 Å². The molecule has 2 N–H and O–H groups in total. The van der Waals surface area contributed by atoms with E-state index in [1.807, 2.05) is 6.20 Å². The van der Waals surface area contributed by atoms with Crippen molar-refractivity contribution in [3.8, 4) is 0 Å². The molecule has 80 valence electrons. The van der Waals surface area contributed by atoms with Crippen LogP contribution in [0.2, 0.25) is 0 Å². The van der Waals surface area contributed by atoms with Gasteiger partial charge in [0.05, 0.1) is 35.0 Å². The van der Waals surface area contributed by atoms with Gasteiger partial charge in [-0.3, -0.25) is 4.99 Å². The van der Waals surface area contributed by atoms with Crippen LogP contribution >= 0.6 is 22.6 Å². The van der Waals surface area contributed by atoms with Crippen LogP contribution in [0, 0.1) is 5.41 Å². The second-order valence-corrected chi connectivity index (χ2v) is 5.68. The highest BCUT2D eigenvalue weighted by Crippen LogP contribution is 2.39. The number of fused-ring (bicyclic) bond motifs is 1. The van der Waals surface area contributed by atoms with Gasteiger partial charge in [-0.05, 0) is 0 Å². The minimum Gasteiger partial charge on any atom is -0.253 e. The van der Waals surface area contributed by atoms with Gasteiger partial charge in [-0.25, -0.2) is 0 Å². The first kappa shape index (κ1) is 11.0. The van der Waals surface area contributed by atoms with Crippen molar-refractivity contribution >= 4 is 32.6 Å². The smallest absolute Gasteiger partial charge is 0.253 e. The number of nitrogens with two attached hydrogens (primary N) is 1. The molecule has 0 radical (unpaired) electrons. The molecule has 1 unspecified atom stereocenters. The normalized spacial score (nSPS) is 29.5. The summed E-state index contributed by atoms with van der Waals surface area (Å²) in [5, 5.41) is 0. The average molecular weight is 317 g/mol. The van der Waals surface area contributed by atoms with Crippen molar-refractivity contribution in [2.24, 2.45) is 21.2 Å². The SMILES string of the molecule is CC(C)(C)C1=C2C=NC=C[N+]2(N)C(I)=N1. The number of halogens is 1. The maximum absolute atomic E-state index is 6.26. The third-order valence-electron chi connectivity index (χ3n) is 2.45. The number of hydrogen-bond donors (Lipinski definition) is 1. The summed E-state index contributed by atoms with van der Waals surface area (Å²) in [6, 6.07) is 0. The minimum atomic E-state index is -0.0116. The minimum absolute atomic E-state index is 0.0116. The van der Waals surface area contributed by atoms with Crippen molar-refractivity contribution < 1.29 is 4.59 Å².